The number of likely N-dealkylation sites (tertiary alicyclic amines) is 1. The lowest BCUT2D eigenvalue weighted by Crippen LogP contribution is -2.39. The molecule has 3 amide bonds. The second kappa shape index (κ2) is 7.74. The minimum absolute atomic E-state index is 0.126. The van der Waals surface area contributed by atoms with Gasteiger partial charge in [0.1, 0.15) is 5.69 Å². The number of hydrogen-bond donors (Lipinski definition) is 4. The molecule has 0 aliphatic carbocycles. The van der Waals surface area contributed by atoms with Crippen molar-refractivity contribution in [3.05, 3.63) is 65.9 Å². The average Bonchev–Trinajstić information content (AvgIpc) is 3.29. The second-order valence-electron chi connectivity index (χ2n) is 7.15. The topological polar surface area (TPSA) is 103 Å². The number of fused-ring (bicyclic) bond motifs is 1. The molecule has 0 radical (unpaired) electrons. The predicted molar refractivity (Wildman–Crippen MR) is 109 cm³/mol. The highest BCUT2D eigenvalue weighted by Crippen LogP contribution is 2.20. The molecule has 1 aliphatic heterocycles. The van der Waals surface area contributed by atoms with Crippen LogP contribution in [-0.4, -0.2) is 41.0 Å². The minimum Gasteiger partial charge on any atom is -0.364 e. The van der Waals surface area contributed by atoms with Gasteiger partial charge in [0.05, 0.1) is 0 Å². The summed E-state index contributed by atoms with van der Waals surface area (Å²) >= 11 is 0. The zero-order valence-electron chi connectivity index (χ0n) is 15.4. The van der Waals surface area contributed by atoms with Crippen molar-refractivity contribution in [2.75, 3.05) is 18.4 Å². The summed E-state index contributed by atoms with van der Waals surface area (Å²) in [5.74, 6) is -0.509. The van der Waals surface area contributed by atoms with Crippen molar-refractivity contribution < 1.29 is 9.59 Å². The number of H-pyrrole nitrogens is 1. The van der Waals surface area contributed by atoms with Crippen LogP contribution < -0.4 is 16.4 Å². The van der Waals surface area contributed by atoms with E-state index >= 15 is 0 Å². The summed E-state index contributed by atoms with van der Waals surface area (Å²) in [7, 11) is 0. The van der Waals surface area contributed by atoms with Crippen LogP contribution in [-0.2, 0) is 6.54 Å². The second-order valence-corrected chi connectivity index (χ2v) is 7.15. The highest BCUT2D eigenvalue weighted by Gasteiger charge is 2.23. The average molecular weight is 377 g/mol. The number of aromatic nitrogens is 1. The fourth-order valence-corrected chi connectivity index (χ4v) is 3.63. The molecule has 2 aromatic carbocycles. The number of amides is 3. The van der Waals surface area contributed by atoms with Crippen molar-refractivity contribution in [1.82, 2.24) is 15.2 Å². The van der Waals surface area contributed by atoms with E-state index in [1.54, 1.807) is 12.1 Å². The Labute approximate surface area is 162 Å². The number of carbonyl (C=O) groups excluding carboxylic acids is 2. The van der Waals surface area contributed by atoms with Crippen LogP contribution in [0.25, 0.3) is 10.9 Å². The molecule has 3 aromatic rings. The van der Waals surface area contributed by atoms with E-state index in [1.807, 2.05) is 30.3 Å². The van der Waals surface area contributed by atoms with E-state index in [2.05, 4.69) is 32.7 Å². The highest BCUT2D eigenvalue weighted by molar-refractivity contribution is 5.99. The maximum atomic E-state index is 12.4. The Hall–Kier alpha value is -3.32. The SMILES string of the molecule is NC(=O)c1cc2cc(NC(=O)NC3CCN(Cc4ccccc4)C3)ccc2[nH]1. The molecular weight excluding hydrogens is 354 g/mol. The predicted octanol–water partition coefficient (Wildman–Crippen LogP) is 2.66. The van der Waals surface area contributed by atoms with E-state index in [9.17, 15) is 9.59 Å². The quantitative estimate of drug-likeness (QED) is 0.549. The van der Waals surface area contributed by atoms with Crippen molar-refractivity contribution >= 4 is 28.5 Å². The summed E-state index contributed by atoms with van der Waals surface area (Å²) < 4.78 is 0. The summed E-state index contributed by atoms with van der Waals surface area (Å²) in [6.07, 6.45) is 0.930. The molecule has 5 N–H and O–H groups in total. The first-order valence-corrected chi connectivity index (χ1v) is 9.33. The molecule has 144 valence electrons. The fraction of sp³-hybridized carbons (Fsp3) is 0.238. The summed E-state index contributed by atoms with van der Waals surface area (Å²) in [5.41, 5.74) is 8.39. The third-order valence-corrected chi connectivity index (χ3v) is 5.00. The van der Waals surface area contributed by atoms with E-state index in [-0.39, 0.29) is 12.1 Å². The van der Waals surface area contributed by atoms with Crippen LogP contribution in [0.3, 0.4) is 0 Å². The normalized spacial score (nSPS) is 16.9. The number of urea groups is 1. The highest BCUT2D eigenvalue weighted by atomic mass is 16.2. The Bertz CT molecular complexity index is 998. The molecule has 7 heteroatoms. The van der Waals surface area contributed by atoms with Crippen LogP contribution >= 0.6 is 0 Å². The zero-order valence-corrected chi connectivity index (χ0v) is 15.4. The summed E-state index contributed by atoms with van der Waals surface area (Å²) in [6.45, 7) is 2.69. The van der Waals surface area contributed by atoms with Gasteiger partial charge in [-0.1, -0.05) is 30.3 Å². The number of anilines is 1. The molecule has 1 unspecified atom stereocenters. The lowest BCUT2D eigenvalue weighted by atomic mass is 10.2. The van der Waals surface area contributed by atoms with E-state index in [1.165, 1.54) is 5.56 Å². The minimum atomic E-state index is -0.509. The Morgan fingerprint density at radius 3 is 2.75 bits per heavy atom. The molecule has 28 heavy (non-hydrogen) atoms. The first-order chi connectivity index (χ1) is 13.6. The number of hydrogen-bond acceptors (Lipinski definition) is 3. The molecular formula is C21H23N5O2. The third-order valence-electron chi connectivity index (χ3n) is 5.00. The van der Waals surface area contributed by atoms with Crippen molar-refractivity contribution in [2.24, 2.45) is 5.73 Å². The van der Waals surface area contributed by atoms with E-state index in [0.29, 0.717) is 11.4 Å². The van der Waals surface area contributed by atoms with Gasteiger partial charge in [-0.3, -0.25) is 9.69 Å². The number of aromatic amines is 1. The van der Waals surface area contributed by atoms with Crippen molar-refractivity contribution in [3.63, 3.8) is 0 Å². The number of rotatable bonds is 5. The molecule has 0 spiro atoms. The molecule has 1 aromatic heterocycles. The lowest BCUT2D eigenvalue weighted by Gasteiger charge is -2.17. The van der Waals surface area contributed by atoms with Gasteiger partial charge in [0.25, 0.3) is 5.91 Å². The van der Waals surface area contributed by atoms with Gasteiger partial charge in [-0.2, -0.15) is 0 Å². The molecule has 2 heterocycles. The van der Waals surface area contributed by atoms with Crippen LogP contribution in [0.15, 0.2) is 54.6 Å². The maximum Gasteiger partial charge on any atom is 0.319 e. The Balaban J connectivity index is 1.32. The van der Waals surface area contributed by atoms with E-state index in [4.69, 9.17) is 5.73 Å². The van der Waals surface area contributed by atoms with Crippen LogP contribution in [0, 0.1) is 0 Å². The Morgan fingerprint density at radius 2 is 1.96 bits per heavy atom. The van der Waals surface area contributed by atoms with E-state index < -0.39 is 5.91 Å². The Morgan fingerprint density at radius 1 is 1.14 bits per heavy atom. The zero-order chi connectivity index (χ0) is 19.5. The van der Waals surface area contributed by atoms with Crippen molar-refractivity contribution in [1.29, 1.82) is 0 Å². The monoisotopic (exact) mass is 377 g/mol. The molecule has 7 nitrogen and oxygen atoms in total. The maximum absolute atomic E-state index is 12.4. The van der Waals surface area contributed by atoms with Crippen LogP contribution in [0.1, 0.15) is 22.5 Å². The van der Waals surface area contributed by atoms with Gasteiger partial charge in [0, 0.05) is 42.3 Å². The van der Waals surface area contributed by atoms with Crippen LogP contribution in [0.5, 0.6) is 0 Å². The van der Waals surface area contributed by atoms with Gasteiger partial charge in [0.15, 0.2) is 0 Å². The first kappa shape index (κ1) is 18.1. The first-order valence-electron chi connectivity index (χ1n) is 9.33. The van der Waals surface area contributed by atoms with Gasteiger partial charge >= 0.3 is 6.03 Å². The largest absolute Gasteiger partial charge is 0.364 e. The number of primary amides is 1. The number of benzene rings is 2. The van der Waals surface area contributed by atoms with Gasteiger partial charge in [-0.05, 0) is 36.2 Å². The van der Waals surface area contributed by atoms with Crippen LogP contribution in [0.4, 0.5) is 10.5 Å². The number of carbonyl (C=O) groups is 2. The lowest BCUT2D eigenvalue weighted by molar-refractivity contribution is 0.0996. The van der Waals surface area contributed by atoms with Crippen molar-refractivity contribution in [3.8, 4) is 0 Å². The standard InChI is InChI=1S/C21H23N5O2/c22-20(27)19-11-15-10-16(6-7-18(15)25-19)23-21(28)24-17-8-9-26(13-17)12-14-4-2-1-3-5-14/h1-7,10-11,17,25H,8-9,12-13H2,(H2,22,27)(H2,23,24,28). The number of nitrogens with two attached hydrogens (primary N) is 1. The van der Waals surface area contributed by atoms with Crippen molar-refractivity contribution in [2.45, 2.75) is 19.0 Å². The van der Waals surface area contributed by atoms with Gasteiger partial charge in [-0.15, -0.1) is 0 Å². The smallest absolute Gasteiger partial charge is 0.319 e. The summed E-state index contributed by atoms with van der Waals surface area (Å²) in [4.78, 5) is 28.9. The van der Waals surface area contributed by atoms with Gasteiger partial charge < -0.3 is 21.4 Å². The number of nitrogens with zero attached hydrogens (tertiary/aromatic N) is 1. The van der Waals surface area contributed by atoms with Crippen LogP contribution in [0.2, 0.25) is 0 Å². The fourth-order valence-electron chi connectivity index (χ4n) is 3.63. The van der Waals surface area contributed by atoms with Gasteiger partial charge in [-0.25, -0.2) is 4.79 Å². The molecule has 4 rings (SSSR count). The molecule has 1 atom stereocenters. The Kier molecular flexibility index (Phi) is 4.99. The molecule has 1 fully saturated rings. The molecule has 0 saturated carbocycles. The van der Waals surface area contributed by atoms with E-state index in [0.717, 1.165) is 37.0 Å². The summed E-state index contributed by atoms with van der Waals surface area (Å²) in [6, 6.07) is 17.3. The summed E-state index contributed by atoms with van der Waals surface area (Å²) in [5, 5.41) is 6.73. The molecule has 0 bridgehead atoms. The number of nitrogens with one attached hydrogen (secondary N) is 3. The van der Waals surface area contributed by atoms with Gasteiger partial charge in [0.2, 0.25) is 0 Å². The third kappa shape index (κ3) is 4.15. The molecule has 1 aliphatic rings. The molecule has 1 saturated heterocycles.